The van der Waals surface area contributed by atoms with Gasteiger partial charge < -0.3 is 10.1 Å². The van der Waals surface area contributed by atoms with Crippen LogP contribution < -0.4 is 10.1 Å². The average molecular weight is 272 g/mol. The predicted octanol–water partition coefficient (Wildman–Crippen LogP) is 2.99. The van der Waals surface area contributed by atoms with Crippen LogP contribution in [0.2, 0.25) is 0 Å². The maximum absolute atomic E-state index is 5.17. The number of methoxy groups -OCH3 is 1. The monoisotopic (exact) mass is 272 g/mol. The van der Waals surface area contributed by atoms with E-state index in [9.17, 15) is 0 Å². The molecule has 0 saturated heterocycles. The maximum atomic E-state index is 5.17. The Morgan fingerprint density at radius 1 is 1.20 bits per heavy atom. The van der Waals surface area contributed by atoms with E-state index in [1.54, 1.807) is 13.3 Å². The van der Waals surface area contributed by atoms with Crippen molar-refractivity contribution in [1.82, 2.24) is 15.0 Å². The summed E-state index contributed by atoms with van der Waals surface area (Å²) in [5, 5.41) is 3.33. The predicted molar refractivity (Wildman–Crippen MR) is 80.1 cm³/mol. The van der Waals surface area contributed by atoms with Crippen molar-refractivity contribution in [2.45, 2.75) is 27.2 Å². The quantitative estimate of drug-likeness (QED) is 0.906. The van der Waals surface area contributed by atoms with Gasteiger partial charge in [0.05, 0.1) is 18.5 Å². The molecule has 0 amide bonds. The molecule has 0 unspecified atom stereocenters. The summed E-state index contributed by atoms with van der Waals surface area (Å²) in [5.41, 5.74) is 3.65. The molecule has 0 aromatic carbocycles. The minimum atomic E-state index is 0.573. The van der Waals surface area contributed by atoms with Gasteiger partial charge in [-0.25, -0.2) is 15.0 Å². The molecular weight excluding hydrogens is 252 g/mol. The molecule has 2 heterocycles. The molecule has 2 aromatic heterocycles. The fraction of sp³-hybridized carbons (Fsp3) is 0.400. The number of anilines is 1. The summed E-state index contributed by atoms with van der Waals surface area (Å²) in [6.45, 7) is 6.92. The lowest BCUT2D eigenvalue weighted by atomic mass is 10.1. The van der Waals surface area contributed by atoms with Crippen LogP contribution in [0.3, 0.4) is 0 Å². The van der Waals surface area contributed by atoms with Gasteiger partial charge in [-0.15, -0.1) is 0 Å². The van der Waals surface area contributed by atoms with Gasteiger partial charge in [-0.1, -0.05) is 6.92 Å². The van der Waals surface area contributed by atoms with Gasteiger partial charge >= 0.3 is 0 Å². The van der Waals surface area contributed by atoms with Crippen LogP contribution in [0.25, 0.3) is 11.3 Å². The third-order valence-corrected chi connectivity index (χ3v) is 3.07. The number of aromatic nitrogens is 3. The lowest BCUT2D eigenvalue weighted by Gasteiger charge is -2.12. The number of hydrogen-bond acceptors (Lipinski definition) is 5. The van der Waals surface area contributed by atoms with Gasteiger partial charge in [0.15, 0.2) is 5.82 Å². The maximum Gasteiger partial charge on any atom is 0.213 e. The van der Waals surface area contributed by atoms with E-state index in [2.05, 4.69) is 27.2 Å². The molecule has 1 N–H and O–H groups in total. The lowest BCUT2D eigenvalue weighted by molar-refractivity contribution is 0.398. The second kappa shape index (κ2) is 6.32. The van der Waals surface area contributed by atoms with Gasteiger partial charge in [0, 0.05) is 24.4 Å². The van der Waals surface area contributed by atoms with E-state index >= 15 is 0 Å². The molecule has 0 radical (unpaired) electrons. The first-order valence-corrected chi connectivity index (χ1v) is 6.75. The van der Waals surface area contributed by atoms with Crippen molar-refractivity contribution in [3.05, 3.63) is 29.7 Å². The first-order valence-electron chi connectivity index (χ1n) is 6.75. The minimum Gasteiger partial charge on any atom is -0.481 e. The second-order valence-electron chi connectivity index (χ2n) is 4.61. The van der Waals surface area contributed by atoms with Crippen LogP contribution >= 0.6 is 0 Å². The summed E-state index contributed by atoms with van der Waals surface area (Å²) < 4.78 is 5.17. The van der Waals surface area contributed by atoms with Gasteiger partial charge in [-0.2, -0.15) is 0 Å². The van der Waals surface area contributed by atoms with Crippen molar-refractivity contribution in [3.8, 4) is 17.1 Å². The summed E-state index contributed by atoms with van der Waals surface area (Å²) in [6, 6.07) is 3.79. The largest absolute Gasteiger partial charge is 0.481 e. The number of hydrogen-bond donors (Lipinski definition) is 1. The summed E-state index contributed by atoms with van der Waals surface area (Å²) >= 11 is 0. The zero-order valence-corrected chi connectivity index (χ0v) is 12.4. The summed E-state index contributed by atoms with van der Waals surface area (Å²) in [7, 11) is 1.61. The van der Waals surface area contributed by atoms with Gasteiger partial charge in [0.2, 0.25) is 5.88 Å². The molecule has 5 heteroatoms. The molecule has 0 fully saturated rings. The number of rotatable bonds is 5. The highest BCUT2D eigenvalue weighted by Gasteiger charge is 2.12. The highest BCUT2D eigenvalue weighted by Crippen LogP contribution is 2.27. The highest BCUT2D eigenvalue weighted by atomic mass is 16.5. The highest BCUT2D eigenvalue weighted by molar-refractivity contribution is 5.72. The zero-order chi connectivity index (χ0) is 14.5. The smallest absolute Gasteiger partial charge is 0.213 e. The molecule has 5 nitrogen and oxygen atoms in total. The van der Waals surface area contributed by atoms with Gasteiger partial charge in [-0.05, 0) is 26.3 Å². The standard InChI is InChI=1S/C15H20N4O/c1-5-7-17-15-14(18-10(2)11(3)19-15)12-6-8-16-13(9-12)20-4/h6,8-9H,5,7H2,1-4H3,(H,17,19). The van der Waals surface area contributed by atoms with Crippen LogP contribution in [0, 0.1) is 13.8 Å². The van der Waals surface area contributed by atoms with Crippen LogP contribution in [0.4, 0.5) is 5.82 Å². The van der Waals surface area contributed by atoms with E-state index in [1.807, 2.05) is 26.0 Å². The van der Waals surface area contributed by atoms with Crippen LogP contribution in [-0.2, 0) is 0 Å². The molecule has 0 aliphatic carbocycles. The number of ether oxygens (including phenoxy) is 1. The topological polar surface area (TPSA) is 59.9 Å². The van der Waals surface area contributed by atoms with Crippen LogP contribution in [0.15, 0.2) is 18.3 Å². The minimum absolute atomic E-state index is 0.573. The van der Waals surface area contributed by atoms with E-state index in [0.29, 0.717) is 5.88 Å². The number of pyridine rings is 1. The molecule has 2 aromatic rings. The normalized spacial score (nSPS) is 10.4. The van der Waals surface area contributed by atoms with E-state index in [-0.39, 0.29) is 0 Å². The van der Waals surface area contributed by atoms with Gasteiger partial charge in [0.25, 0.3) is 0 Å². The number of nitrogens with one attached hydrogen (secondary N) is 1. The third kappa shape index (κ3) is 3.04. The van der Waals surface area contributed by atoms with Crippen molar-refractivity contribution in [2.24, 2.45) is 0 Å². The molecule has 0 saturated carbocycles. The first kappa shape index (κ1) is 14.2. The molecule has 0 aliphatic heterocycles. The van der Waals surface area contributed by atoms with E-state index in [1.165, 1.54) is 0 Å². The van der Waals surface area contributed by atoms with Gasteiger partial charge in [-0.3, -0.25) is 0 Å². The van der Waals surface area contributed by atoms with Crippen LogP contribution in [0.5, 0.6) is 5.88 Å². The third-order valence-electron chi connectivity index (χ3n) is 3.07. The summed E-state index contributed by atoms with van der Waals surface area (Å²) in [6.07, 6.45) is 2.75. The lowest BCUT2D eigenvalue weighted by Crippen LogP contribution is -2.07. The molecule has 0 spiro atoms. The molecule has 2 rings (SSSR count). The Hall–Kier alpha value is -2.17. The zero-order valence-electron chi connectivity index (χ0n) is 12.4. The number of aryl methyl sites for hydroxylation is 2. The van der Waals surface area contributed by atoms with Crippen molar-refractivity contribution in [2.75, 3.05) is 19.0 Å². The van der Waals surface area contributed by atoms with Gasteiger partial charge in [0.1, 0.15) is 5.69 Å². The molecule has 0 atom stereocenters. The summed E-state index contributed by atoms with van der Waals surface area (Å²) in [4.78, 5) is 13.4. The number of nitrogens with zero attached hydrogens (tertiary/aromatic N) is 3. The molecule has 0 aliphatic rings. The first-order chi connectivity index (χ1) is 9.65. The van der Waals surface area contributed by atoms with E-state index < -0.39 is 0 Å². The average Bonchev–Trinajstić information content (AvgIpc) is 2.48. The Balaban J connectivity index is 2.49. The van der Waals surface area contributed by atoms with Crippen LogP contribution in [-0.4, -0.2) is 28.6 Å². The Kier molecular flexibility index (Phi) is 4.50. The fourth-order valence-electron chi connectivity index (χ4n) is 1.84. The van der Waals surface area contributed by atoms with E-state index in [0.717, 1.165) is 41.4 Å². The summed E-state index contributed by atoms with van der Waals surface area (Å²) in [5.74, 6) is 1.38. The van der Waals surface area contributed by atoms with E-state index in [4.69, 9.17) is 4.74 Å². The molecule has 0 bridgehead atoms. The Labute approximate surface area is 119 Å². The van der Waals surface area contributed by atoms with Crippen molar-refractivity contribution in [3.63, 3.8) is 0 Å². The molecule has 106 valence electrons. The molecular formula is C15H20N4O. The second-order valence-corrected chi connectivity index (χ2v) is 4.61. The van der Waals surface area contributed by atoms with Crippen molar-refractivity contribution >= 4 is 5.82 Å². The molecule has 20 heavy (non-hydrogen) atoms. The van der Waals surface area contributed by atoms with Crippen LogP contribution in [0.1, 0.15) is 24.7 Å². The Bertz CT molecular complexity index is 598. The SMILES string of the molecule is CCCNc1nc(C)c(C)nc1-c1ccnc(OC)c1. The Morgan fingerprint density at radius 3 is 2.65 bits per heavy atom. The Morgan fingerprint density at radius 2 is 1.95 bits per heavy atom. The van der Waals surface area contributed by atoms with Crippen molar-refractivity contribution in [1.29, 1.82) is 0 Å². The fourth-order valence-corrected chi connectivity index (χ4v) is 1.84. The van der Waals surface area contributed by atoms with Crippen molar-refractivity contribution < 1.29 is 4.74 Å².